The van der Waals surface area contributed by atoms with E-state index in [9.17, 15) is 18.0 Å². The molecule has 0 aliphatic rings. The van der Waals surface area contributed by atoms with Crippen LogP contribution in [0, 0.1) is 0 Å². The van der Waals surface area contributed by atoms with Crippen molar-refractivity contribution in [1.29, 1.82) is 0 Å². The maximum absolute atomic E-state index is 13.7. The Labute approximate surface area is 212 Å². The molecule has 37 heavy (non-hydrogen) atoms. The molecule has 1 N–H and O–H groups in total. The van der Waals surface area contributed by atoms with Crippen LogP contribution in [-0.2, 0) is 12.6 Å². The minimum absolute atomic E-state index is 0.0578. The molecule has 190 valence electrons. The van der Waals surface area contributed by atoms with Crippen molar-refractivity contribution in [2.75, 3.05) is 5.32 Å². The fraction of sp³-hybridized carbons (Fsp3) is 0.214. The van der Waals surface area contributed by atoms with Gasteiger partial charge in [-0.1, -0.05) is 32.9 Å². The third kappa shape index (κ3) is 6.30. The van der Waals surface area contributed by atoms with Crippen molar-refractivity contribution in [3.8, 4) is 22.9 Å². The van der Waals surface area contributed by atoms with Crippen LogP contribution in [0.3, 0.4) is 0 Å². The van der Waals surface area contributed by atoms with Crippen LogP contribution < -0.4 is 10.1 Å². The molecule has 0 saturated heterocycles. The number of ether oxygens (including phenoxy) is 1. The zero-order valence-electron chi connectivity index (χ0n) is 20.5. The van der Waals surface area contributed by atoms with Crippen LogP contribution in [0.5, 0.6) is 11.6 Å². The zero-order valence-corrected chi connectivity index (χ0v) is 20.5. The van der Waals surface area contributed by atoms with E-state index < -0.39 is 17.6 Å². The van der Waals surface area contributed by atoms with Crippen LogP contribution in [0.25, 0.3) is 11.3 Å². The first kappa shape index (κ1) is 25.8. The van der Waals surface area contributed by atoms with Gasteiger partial charge in [0.15, 0.2) is 0 Å². The summed E-state index contributed by atoms with van der Waals surface area (Å²) < 4.78 is 47.0. The highest BCUT2D eigenvalue weighted by molar-refractivity contribution is 6.04. The Morgan fingerprint density at radius 1 is 1.00 bits per heavy atom. The van der Waals surface area contributed by atoms with E-state index in [1.54, 1.807) is 42.6 Å². The molecule has 0 spiro atoms. The maximum atomic E-state index is 13.7. The average Bonchev–Trinajstić information content (AvgIpc) is 2.88. The predicted molar refractivity (Wildman–Crippen MR) is 135 cm³/mol. The summed E-state index contributed by atoms with van der Waals surface area (Å²) in [6, 6.07) is 15.1. The Balaban J connectivity index is 1.68. The van der Waals surface area contributed by atoms with Gasteiger partial charge in [-0.05, 0) is 53.9 Å². The smallest absolute Gasteiger partial charge is 0.416 e. The minimum Gasteiger partial charge on any atom is -0.438 e. The molecule has 0 fully saturated rings. The number of aromatic nitrogens is 3. The summed E-state index contributed by atoms with van der Waals surface area (Å²) >= 11 is 0. The molecule has 0 unspecified atom stereocenters. The lowest BCUT2D eigenvalue weighted by Crippen LogP contribution is -2.14. The maximum Gasteiger partial charge on any atom is 0.416 e. The number of aryl methyl sites for hydroxylation is 1. The van der Waals surface area contributed by atoms with E-state index in [4.69, 9.17) is 4.74 Å². The number of pyridine rings is 1. The van der Waals surface area contributed by atoms with Gasteiger partial charge < -0.3 is 10.1 Å². The SMILES string of the molecule is CCc1nccc(-c2cccnc2Oc2cc(NC(=O)c3cccc(C(C)C)c3)cc(C(F)(F)F)c2)n1. The van der Waals surface area contributed by atoms with Crippen LogP contribution in [0.4, 0.5) is 18.9 Å². The Morgan fingerprint density at radius 2 is 1.81 bits per heavy atom. The molecular weight excluding hydrogens is 481 g/mol. The first-order valence-electron chi connectivity index (χ1n) is 11.7. The number of nitrogens with one attached hydrogen (secondary N) is 1. The van der Waals surface area contributed by atoms with Gasteiger partial charge in [0.2, 0.25) is 5.88 Å². The molecular formula is C28H25F3N4O2. The lowest BCUT2D eigenvalue weighted by molar-refractivity contribution is -0.137. The van der Waals surface area contributed by atoms with Crippen molar-refractivity contribution >= 4 is 11.6 Å². The summed E-state index contributed by atoms with van der Waals surface area (Å²) in [4.78, 5) is 25.7. The van der Waals surface area contributed by atoms with Crippen molar-refractivity contribution in [2.45, 2.75) is 39.3 Å². The highest BCUT2D eigenvalue weighted by atomic mass is 19.4. The average molecular weight is 507 g/mol. The highest BCUT2D eigenvalue weighted by Crippen LogP contribution is 2.37. The zero-order chi connectivity index (χ0) is 26.6. The van der Waals surface area contributed by atoms with Gasteiger partial charge in [0.05, 0.1) is 16.8 Å². The fourth-order valence-electron chi connectivity index (χ4n) is 3.63. The summed E-state index contributed by atoms with van der Waals surface area (Å²) in [6.45, 7) is 5.89. The molecule has 2 aromatic heterocycles. The first-order chi connectivity index (χ1) is 17.6. The summed E-state index contributed by atoms with van der Waals surface area (Å²) in [5.41, 5.74) is 1.28. The summed E-state index contributed by atoms with van der Waals surface area (Å²) in [5, 5.41) is 2.56. The number of amides is 1. The highest BCUT2D eigenvalue weighted by Gasteiger charge is 2.32. The summed E-state index contributed by atoms with van der Waals surface area (Å²) in [7, 11) is 0. The van der Waals surface area contributed by atoms with Crippen molar-refractivity contribution in [1.82, 2.24) is 15.0 Å². The Bertz CT molecular complexity index is 1420. The van der Waals surface area contributed by atoms with Gasteiger partial charge in [-0.2, -0.15) is 13.2 Å². The second-order valence-corrected chi connectivity index (χ2v) is 8.65. The van der Waals surface area contributed by atoms with Crippen molar-refractivity contribution in [3.05, 3.63) is 95.6 Å². The van der Waals surface area contributed by atoms with E-state index in [0.29, 0.717) is 29.1 Å². The third-order valence-corrected chi connectivity index (χ3v) is 5.59. The second-order valence-electron chi connectivity index (χ2n) is 8.65. The summed E-state index contributed by atoms with van der Waals surface area (Å²) in [5.74, 6) is 0.213. The minimum atomic E-state index is -4.66. The van der Waals surface area contributed by atoms with E-state index in [-0.39, 0.29) is 23.2 Å². The third-order valence-electron chi connectivity index (χ3n) is 5.59. The molecule has 9 heteroatoms. The number of carbonyl (C=O) groups excluding carboxylic acids is 1. The molecule has 2 heterocycles. The number of benzene rings is 2. The van der Waals surface area contributed by atoms with E-state index in [1.807, 2.05) is 26.8 Å². The Kier molecular flexibility index (Phi) is 7.52. The number of carbonyl (C=O) groups is 1. The largest absolute Gasteiger partial charge is 0.438 e. The lowest BCUT2D eigenvalue weighted by Gasteiger charge is -2.15. The molecule has 4 aromatic rings. The normalized spacial score (nSPS) is 11.4. The topological polar surface area (TPSA) is 77.0 Å². The van der Waals surface area contributed by atoms with E-state index in [0.717, 1.165) is 17.7 Å². The van der Waals surface area contributed by atoms with Gasteiger partial charge >= 0.3 is 6.18 Å². The fourth-order valence-corrected chi connectivity index (χ4v) is 3.63. The van der Waals surface area contributed by atoms with Crippen LogP contribution in [0.1, 0.15) is 54.0 Å². The number of hydrogen-bond acceptors (Lipinski definition) is 5. The van der Waals surface area contributed by atoms with Gasteiger partial charge in [-0.3, -0.25) is 4.79 Å². The quantitative estimate of drug-likeness (QED) is 0.285. The lowest BCUT2D eigenvalue weighted by atomic mass is 10.0. The summed E-state index contributed by atoms with van der Waals surface area (Å²) in [6.07, 6.45) is -0.976. The van der Waals surface area contributed by atoms with Crippen LogP contribution in [-0.4, -0.2) is 20.9 Å². The molecule has 4 rings (SSSR count). The number of rotatable bonds is 7. The van der Waals surface area contributed by atoms with Crippen LogP contribution in [0.15, 0.2) is 73.1 Å². The van der Waals surface area contributed by atoms with Crippen molar-refractivity contribution < 1.29 is 22.7 Å². The van der Waals surface area contributed by atoms with Gasteiger partial charge in [0.1, 0.15) is 11.6 Å². The number of nitrogens with zero attached hydrogens (tertiary/aromatic N) is 3. The molecule has 0 saturated carbocycles. The standard InChI is InChI=1S/C28H25F3N4O2/c1-4-25-32-12-10-24(35-25)23-9-6-11-33-27(23)37-22-15-20(28(29,30)31)14-21(16-22)34-26(36)19-8-5-7-18(13-19)17(2)3/h5-17H,4H2,1-3H3,(H,34,36). The molecule has 0 radical (unpaired) electrons. The predicted octanol–water partition coefficient (Wildman–Crippen LogP) is 7.29. The van der Waals surface area contributed by atoms with E-state index in [1.165, 1.54) is 12.3 Å². The van der Waals surface area contributed by atoms with Crippen molar-refractivity contribution in [3.63, 3.8) is 0 Å². The van der Waals surface area contributed by atoms with E-state index >= 15 is 0 Å². The number of halogens is 3. The molecule has 0 aliphatic carbocycles. The second kappa shape index (κ2) is 10.8. The Morgan fingerprint density at radius 3 is 2.54 bits per heavy atom. The Hall–Kier alpha value is -4.27. The van der Waals surface area contributed by atoms with Crippen molar-refractivity contribution in [2.24, 2.45) is 0 Å². The van der Waals surface area contributed by atoms with Gasteiger partial charge in [-0.15, -0.1) is 0 Å². The number of hydrogen-bond donors (Lipinski definition) is 1. The monoisotopic (exact) mass is 506 g/mol. The molecule has 0 atom stereocenters. The molecule has 2 aromatic carbocycles. The van der Waals surface area contributed by atoms with Gasteiger partial charge in [0.25, 0.3) is 5.91 Å². The molecule has 0 aliphatic heterocycles. The number of alkyl halides is 3. The molecule has 0 bridgehead atoms. The molecule has 6 nitrogen and oxygen atoms in total. The van der Waals surface area contributed by atoms with Crippen LogP contribution >= 0.6 is 0 Å². The van der Waals surface area contributed by atoms with Gasteiger partial charge in [0, 0.05) is 36.1 Å². The molecule has 1 amide bonds. The van der Waals surface area contributed by atoms with Crippen LogP contribution in [0.2, 0.25) is 0 Å². The van der Waals surface area contributed by atoms with Gasteiger partial charge in [-0.25, -0.2) is 15.0 Å². The van der Waals surface area contributed by atoms with E-state index in [2.05, 4.69) is 20.3 Å². The first-order valence-corrected chi connectivity index (χ1v) is 11.7. The number of anilines is 1.